The quantitative estimate of drug-likeness (QED) is 0.733. The molecule has 0 atom stereocenters. The molecule has 2 aromatic heterocycles. The second-order valence-electron chi connectivity index (χ2n) is 4.64. The average molecular weight is 293 g/mol. The maximum atomic E-state index is 11.5. The zero-order chi connectivity index (χ0) is 15.7. The number of benzene rings is 1. The van der Waals surface area contributed by atoms with Gasteiger partial charge in [0.05, 0.1) is 12.7 Å². The number of pyridine rings is 1. The standard InChI is InChI=1S/C16H11N3O3/c1-22-16(21)12-3-2-11(7-14(12)20)13-6-10(8-17)9-19-5-4-18-15(13)19/h2-7,9,20H,1H3. The van der Waals surface area contributed by atoms with Crippen LogP contribution in [0.3, 0.4) is 0 Å². The van der Waals surface area contributed by atoms with E-state index in [1.165, 1.54) is 19.2 Å². The lowest BCUT2D eigenvalue weighted by molar-refractivity contribution is 0.0597. The fourth-order valence-corrected chi connectivity index (χ4v) is 2.29. The fraction of sp³-hybridized carbons (Fsp3) is 0.0625. The van der Waals surface area contributed by atoms with Crippen molar-refractivity contribution in [1.29, 1.82) is 5.26 Å². The van der Waals surface area contributed by atoms with Crippen LogP contribution in [0.5, 0.6) is 5.75 Å². The molecule has 1 N–H and O–H groups in total. The van der Waals surface area contributed by atoms with Crippen LogP contribution in [0.2, 0.25) is 0 Å². The number of esters is 1. The fourth-order valence-electron chi connectivity index (χ4n) is 2.29. The van der Waals surface area contributed by atoms with Crippen molar-refractivity contribution in [2.24, 2.45) is 0 Å². The molecule has 0 unspecified atom stereocenters. The van der Waals surface area contributed by atoms with Crippen LogP contribution in [0, 0.1) is 11.3 Å². The predicted octanol–water partition coefficient (Wildman–Crippen LogP) is 2.37. The van der Waals surface area contributed by atoms with E-state index in [0.717, 1.165) is 0 Å². The highest BCUT2D eigenvalue weighted by atomic mass is 16.5. The van der Waals surface area contributed by atoms with Crippen molar-refractivity contribution in [2.45, 2.75) is 0 Å². The predicted molar refractivity (Wildman–Crippen MR) is 78.3 cm³/mol. The SMILES string of the molecule is COC(=O)c1ccc(-c2cc(C#N)cn3ccnc23)cc1O. The van der Waals surface area contributed by atoms with Crippen LogP contribution in [-0.2, 0) is 4.74 Å². The van der Waals surface area contributed by atoms with Crippen LogP contribution in [0.1, 0.15) is 15.9 Å². The molecule has 3 aromatic rings. The number of rotatable bonds is 2. The number of hydrogen-bond donors (Lipinski definition) is 1. The normalized spacial score (nSPS) is 10.4. The minimum Gasteiger partial charge on any atom is -0.507 e. The number of fused-ring (bicyclic) bond motifs is 1. The Morgan fingerprint density at radius 3 is 2.91 bits per heavy atom. The van der Waals surface area contributed by atoms with Crippen LogP contribution in [-0.4, -0.2) is 27.6 Å². The number of carbonyl (C=O) groups is 1. The van der Waals surface area contributed by atoms with E-state index in [1.807, 2.05) is 0 Å². The van der Waals surface area contributed by atoms with E-state index in [4.69, 9.17) is 5.26 Å². The van der Waals surface area contributed by atoms with E-state index in [-0.39, 0.29) is 11.3 Å². The Hall–Kier alpha value is -3.33. The van der Waals surface area contributed by atoms with Gasteiger partial charge in [0.15, 0.2) is 0 Å². The third kappa shape index (κ3) is 2.15. The van der Waals surface area contributed by atoms with E-state index in [0.29, 0.717) is 22.3 Å². The molecule has 0 fully saturated rings. The van der Waals surface area contributed by atoms with Crippen molar-refractivity contribution < 1.29 is 14.6 Å². The summed E-state index contributed by atoms with van der Waals surface area (Å²) in [7, 11) is 1.25. The largest absolute Gasteiger partial charge is 0.507 e. The van der Waals surface area contributed by atoms with E-state index in [2.05, 4.69) is 15.8 Å². The molecule has 0 radical (unpaired) electrons. The number of ether oxygens (including phenoxy) is 1. The highest BCUT2D eigenvalue weighted by molar-refractivity contribution is 5.93. The zero-order valence-electron chi connectivity index (χ0n) is 11.6. The number of hydrogen-bond acceptors (Lipinski definition) is 5. The molecule has 0 aliphatic heterocycles. The number of imidazole rings is 1. The first kappa shape index (κ1) is 13.6. The molecule has 1 aromatic carbocycles. The second kappa shape index (κ2) is 5.22. The molecule has 22 heavy (non-hydrogen) atoms. The monoisotopic (exact) mass is 293 g/mol. The average Bonchev–Trinajstić information content (AvgIpc) is 3.01. The van der Waals surface area contributed by atoms with Crippen molar-refractivity contribution in [3.05, 3.63) is 54.0 Å². The molecular weight excluding hydrogens is 282 g/mol. The Morgan fingerprint density at radius 1 is 1.41 bits per heavy atom. The lowest BCUT2D eigenvalue weighted by Gasteiger charge is -2.08. The zero-order valence-corrected chi connectivity index (χ0v) is 11.6. The smallest absolute Gasteiger partial charge is 0.341 e. The molecule has 6 nitrogen and oxygen atoms in total. The molecule has 3 rings (SSSR count). The summed E-state index contributed by atoms with van der Waals surface area (Å²) in [6, 6.07) is 8.39. The molecule has 2 heterocycles. The maximum Gasteiger partial charge on any atom is 0.341 e. The molecule has 0 bridgehead atoms. The minimum absolute atomic E-state index is 0.0852. The topological polar surface area (TPSA) is 87.6 Å². The molecule has 0 saturated carbocycles. The number of nitrogens with zero attached hydrogens (tertiary/aromatic N) is 3. The molecule has 0 saturated heterocycles. The molecular formula is C16H11N3O3. The maximum absolute atomic E-state index is 11.5. The third-order valence-corrected chi connectivity index (χ3v) is 3.33. The van der Waals surface area contributed by atoms with Crippen LogP contribution >= 0.6 is 0 Å². The second-order valence-corrected chi connectivity index (χ2v) is 4.64. The third-order valence-electron chi connectivity index (χ3n) is 3.33. The first-order valence-corrected chi connectivity index (χ1v) is 6.42. The van der Waals surface area contributed by atoms with Gasteiger partial charge in [-0.05, 0) is 23.8 Å². The summed E-state index contributed by atoms with van der Waals surface area (Å²) < 4.78 is 6.33. The number of nitriles is 1. The van der Waals surface area contributed by atoms with Crippen molar-refractivity contribution in [3.8, 4) is 22.9 Å². The molecule has 0 aliphatic carbocycles. The van der Waals surface area contributed by atoms with E-state index in [1.54, 1.807) is 35.1 Å². The van der Waals surface area contributed by atoms with Crippen LogP contribution in [0.25, 0.3) is 16.8 Å². The van der Waals surface area contributed by atoms with E-state index < -0.39 is 5.97 Å². The van der Waals surface area contributed by atoms with E-state index in [9.17, 15) is 9.90 Å². The lowest BCUT2D eigenvalue weighted by atomic mass is 10.0. The van der Waals surface area contributed by atoms with Crippen molar-refractivity contribution in [2.75, 3.05) is 7.11 Å². The Morgan fingerprint density at radius 2 is 2.23 bits per heavy atom. The Kier molecular flexibility index (Phi) is 3.24. The van der Waals surface area contributed by atoms with Gasteiger partial charge < -0.3 is 14.2 Å². The summed E-state index contributed by atoms with van der Waals surface area (Å²) in [5, 5.41) is 19.1. The molecule has 0 aliphatic rings. The number of phenols is 1. The van der Waals surface area contributed by atoms with Gasteiger partial charge in [-0.1, -0.05) is 6.07 Å². The van der Waals surface area contributed by atoms with Crippen LogP contribution in [0.15, 0.2) is 42.9 Å². The molecule has 0 amide bonds. The first-order chi connectivity index (χ1) is 10.6. The number of aromatic nitrogens is 2. The minimum atomic E-state index is -0.610. The summed E-state index contributed by atoms with van der Waals surface area (Å²) in [5.74, 6) is -0.794. The summed E-state index contributed by atoms with van der Waals surface area (Å²) in [5.41, 5.74) is 2.55. The van der Waals surface area contributed by atoms with Crippen molar-refractivity contribution >= 4 is 11.6 Å². The van der Waals surface area contributed by atoms with E-state index >= 15 is 0 Å². The van der Waals surface area contributed by atoms with Crippen LogP contribution < -0.4 is 0 Å². The molecule has 108 valence electrons. The Labute approximate surface area is 125 Å². The number of aromatic hydroxyl groups is 1. The van der Waals surface area contributed by atoms with Gasteiger partial charge in [-0.2, -0.15) is 5.26 Å². The van der Waals surface area contributed by atoms with Gasteiger partial charge in [0.25, 0.3) is 0 Å². The Balaban J connectivity index is 2.20. The number of carbonyl (C=O) groups excluding carboxylic acids is 1. The van der Waals surface area contributed by atoms with Crippen molar-refractivity contribution in [1.82, 2.24) is 9.38 Å². The summed E-state index contributed by atoms with van der Waals surface area (Å²) in [6.07, 6.45) is 5.04. The number of methoxy groups -OCH3 is 1. The molecule has 0 spiro atoms. The van der Waals surface area contributed by atoms with Crippen LogP contribution in [0.4, 0.5) is 0 Å². The van der Waals surface area contributed by atoms with Gasteiger partial charge in [0.2, 0.25) is 0 Å². The van der Waals surface area contributed by atoms with Gasteiger partial charge in [-0.15, -0.1) is 0 Å². The summed E-state index contributed by atoms with van der Waals surface area (Å²) in [4.78, 5) is 15.8. The summed E-state index contributed by atoms with van der Waals surface area (Å²) >= 11 is 0. The highest BCUT2D eigenvalue weighted by Crippen LogP contribution is 2.30. The van der Waals surface area contributed by atoms with Gasteiger partial charge >= 0.3 is 5.97 Å². The first-order valence-electron chi connectivity index (χ1n) is 6.42. The van der Waals surface area contributed by atoms with Gasteiger partial charge in [-0.3, -0.25) is 0 Å². The van der Waals surface area contributed by atoms with Crippen molar-refractivity contribution in [3.63, 3.8) is 0 Å². The van der Waals surface area contributed by atoms with Gasteiger partial charge in [0, 0.05) is 24.2 Å². The highest BCUT2D eigenvalue weighted by Gasteiger charge is 2.14. The number of phenolic OH excluding ortho intramolecular Hbond substituents is 1. The lowest BCUT2D eigenvalue weighted by Crippen LogP contribution is -2.01. The van der Waals surface area contributed by atoms with Gasteiger partial charge in [-0.25, -0.2) is 9.78 Å². The van der Waals surface area contributed by atoms with Gasteiger partial charge in [0.1, 0.15) is 23.0 Å². The summed E-state index contributed by atoms with van der Waals surface area (Å²) in [6.45, 7) is 0. The Bertz CT molecular complexity index is 922. The molecule has 6 heteroatoms.